The third-order valence-electron chi connectivity index (χ3n) is 8.60. The number of sulfonamides is 1. The van der Waals surface area contributed by atoms with Crippen LogP contribution >= 0.6 is 23.2 Å². The SMILES string of the molecule is CC[C@@H](CN(C)S(=O)(=O)C1CC1)N1C(=O)[C@@](C)(CC(=O)NC[C@H](O)CO)C[C@H](c2cccc(Cl)c2)[C@H]1c1ccc(Cl)cc1. The second kappa shape index (κ2) is 13.8. The molecule has 3 N–H and O–H groups in total. The van der Waals surface area contributed by atoms with Gasteiger partial charge in [0.25, 0.3) is 0 Å². The summed E-state index contributed by atoms with van der Waals surface area (Å²) in [6.07, 6.45) is 0.796. The average Bonchev–Trinajstić information content (AvgIpc) is 3.83. The Kier molecular flexibility index (Phi) is 10.8. The molecule has 1 saturated heterocycles. The fourth-order valence-electron chi connectivity index (χ4n) is 6.10. The number of amides is 2. The second-order valence-electron chi connectivity index (χ2n) is 12.0. The van der Waals surface area contributed by atoms with E-state index in [-0.39, 0.29) is 36.6 Å². The van der Waals surface area contributed by atoms with Crippen LogP contribution in [-0.4, -0.2) is 83.8 Å². The van der Waals surface area contributed by atoms with Crippen molar-refractivity contribution in [1.29, 1.82) is 0 Å². The molecule has 0 radical (unpaired) electrons. The zero-order valence-corrected chi connectivity index (χ0v) is 27.1. The molecule has 2 amide bonds. The molecule has 1 heterocycles. The lowest BCUT2D eigenvalue weighted by molar-refractivity contribution is -0.157. The number of hydrogen-bond acceptors (Lipinski definition) is 6. The van der Waals surface area contributed by atoms with Crippen LogP contribution in [0.4, 0.5) is 0 Å². The molecule has 2 aromatic carbocycles. The Balaban J connectivity index is 1.81. The molecular weight excluding hydrogens is 613 g/mol. The van der Waals surface area contributed by atoms with Gasteiger partial charge < -0.3 is 20.4 Å². The number of benzene rings is 2. The molecule has 0 aromatic heterocycles. The summed E-state index contributed by atoms with van der Waals surface area (Å²) in [6.45, 7) is 3.16. The van der Waals surface area contributed by atoms with Crippen molar-refractivity contribution in [2.45, 2.75) is 75.3 Å². The average molecular weight is 655 g/mol. The number of rotatable bonds is 13. The maximum atomic E-state index is 14.7. The topological polar surface area (TPSA) is 127 Å². The lowest BCUT2D eigenvalue weighted by atomic mass is 9.67. The van der Waals surface area contributed by atoms with Gasteiger partial charge in [-0.15, -0.1) is 0 Å². The largest absolute Gasteiger partial charge is 0.394 e. The molecule has 43 heavy (non-hydrogen) atoms. The van der Waals surface area contributed by atoms with E-state index in [2.05, 4.69) is 5.32 Å². The molecular formula is C31H41Cl2N3O6S. The minimum atomic E-state index is -3.50. The van der Waals surface area contributed by atoms with Crippen LogP contribution in [0, 0.1) is 5.41 Å². The molecule has 1 aliphatic carbocycles. The number of carbonyl (C=O) groups is 2. The van der Waals surface area contributed by atoms with Gasteiger partial charge >= 0.3 is 0 Å². The molecule has 1 saturated carbocycles. The predicted octanol–water partition coefficient (Wildman–Crippen LogP) is 4.12. The number of halogens is 2. The number of hydrogen-bond donors (Lipinski definition) is 3. The summed E-state index contributed by atoms with van der Waals surface area (Å²) in [7, 11) is -1.93. The number of aliphatic hydroxyl groups is 2. The van der Waals surface area contributed by atoms with Crippen LogP contribution in [0.25, 0.3) is 0 Å². The molecule has 0 bridgehead atoms. The van der Waals surface area contributed by atoms with Crippen molar-refractivity contribution in [3.63, 3.8) is 0 Å². The number of likely N-dealkylation sites (N-methyl/N-ethyl adjacent to an activating group) is 1. The van der Waals surface area contributed by atoms with Crippen molar-refractivity contribution in [1.82, 2.24) is 14.5 Å². The molecule has 236 valence electrons. The fourth-order valence-corrected chi connectivity index (χ4v) is 8.04. The van der Waals surface area contributed by atoms with Gasteiger partial charge in [-0.2, -0.15) is 0 Å². The van der Waals surface area contributed by atoms with Crippen LogP contribution in [0.1, 0.15) is 69.0 Å². The molecule has 2 aromatic rings. The van der Waals surface area contributed by atoms with Crippen LogP contribution in [-0.2, 0) is 19.6 Å². The van der Waals surface area contributed by atoms with E-state index in [0.29, 0.717) is 35.7 Å². The smallest absolute Gasteiger partial charge is 0.229 e. The Morgan fingerprint density at radius 1 is 1.14 bits per heavy atom. The van der Waals surface area contributed by atoms with Crippen molar-refractivity contribution in [3.05, 3.63) is 69.7 Å². The summed E-state index contributed by atoms with van der Waals surface area (Å²) in [6, 6.07) is 13.8. The second-order valence-corrected chi connectivity index (χ2v) is 15.2. The normalized spacial score (nSPS) is 24.2. The van der Waals surface area contributed by atoms with Gasteiger partial charge in [0.05, 0.1) is 29.4 Å². The van der Waals surface area contributed by atoms with Gasteiger partial charge in [-0.3, -0.25) is 9.59 Å². The first-order valence-electron chi connectivity index (χ1n) is 14.6. The Morgan fingerprint density at radius 2 is 1.81 bits per heavy atom. The molecule has 1 aliphatic heterocycles. The first kappa shape index (κ1) is 33.7. The van der Waals surface area contributed by atoms with Gasteiger partial charge in [-0.05, 0) is 61.1 Å². The Hall–Kier alpha value is -2.21. The minimum absolute atomic E-state index is 0.110. The summed E-state index contributed by atoms with van der Waals surface area (Å²) >= 11 is 12.7. The monoisotopic (exact) mass is 653 g/mol. The van der Waals surface area contributed by atoms with E-state index in [1.807, 2.05) is 37.3 Å². The number of piperidine rings is 1. The fraction of sp³-hybridized carbons (Fsp3) is 0.548. The standard InChI is InChI=1S/C31H41Cl2N3O6S/c1-4-24(18-35(3)43(41,42)26-12-13-26)36-29(20-8-10-22(32)11-9-20)27(21-6-5-7-23(33)14-21)15-31(2,30(36)40)16-28(39)34-17-25(38)19-37/h5-11,14,24-27,29,37-38H,4,12-13,15-19H2,1-3H3,(H,34,39)/t24-,25-,27+,29+,31+/m0/s1. The van der Waals surface area contributed by atoms with Crippen molar-refractivity contribution in [3.8, 4) is 0 Å². The van der Waals surface area contributed by atoms with Crippen LogP contribution in [0.5, 0.6) is 0 Å². The first-order valence-corrected chi connectivity index (χ1v) is 16.9. The Morgan fingerprint density at radius 3 is 2.40 bits per heavy atom. The highest BCUT2D eigenvalue weighted by atomic mass is 35.5. The predicted molar refractivity (Wildman–Crippen MR) is 167 cm³/mol. The molecule has 0 unspecified atom stereocenters. The Bertz CT molecular complexity index is 1400. The molecule has 2 fully saturated rings. The summed E-state index contributed by atoms with van der Waals surface area (Å²) in [5.74, 6) is -0.981. The third-order valence-corrected chi connectivity index (χ3v) is 11.4. The Labute approximate surface area is 264 Å². The van der Waals surface area contributed by atoms with Gasteiger partial charge in [-0.25, -0.2) is 12.7 Å². The highest BCUT2D eigenvalue weighted by molar-refractivity contribution is 7.90. The van der Waals surface area contributed by atoms with Gasteiger partial charge in [-0.1, -0.05) is 61.3 Å². The van der Waals surface area contributed by atoms with Gasteiger partial charge in [0.15, 0.2) is 0 Å². The van der Waals surface area contributed by atoms with E-state index < -0.39 is 46.1 Å². The van der Waals surface area contributed by atoms with Crippen LogP contribution < -0.4 is 5.32 Å². The number of aliphatic hydroxyl groups excluding tert-OH is 2. The first-order chi connectivity index (χ1) is 20.3. The molecule has 0 spiro atoms. The van der Waals surface area contributed by atoms with Crippen LogP contribution in [0.3, 0.4) is 0 Å². The van der Waals surface area contributed by atoms with E-state index >= 15 is 0 Å². The molecule has 12 heteroatoms. The molecule has 5 atom stereocenters. The summed E-state index contributed by atoms with van der Waals surface area (Å²) in [4.78, 5) is 29.6. The van der Waals surface area contributed by atoms with Crippen molar-refractivity contribution < 1.29 is 28.2 Å². The lowest BCUT2D eigenvalue weighted by Crippen LogP contribution is -2.58. The van der Waals surface area contributed by atoms with E-state index in [9.17, 15) is 23.1 Å². The molecule has 4 rings (SSSR count). The number of nitrogens with zero attached hydrogens (tertiary/aromatic N) is 2. The van der Waals surface area contributed by atoms with Crippen LogP contribution in [0.15, 0.2) is 48.5 Å². The molecule has 9 nitrogen and oxygen atoms in total. The van der Waals surface area contributed by atoms with Crippen molar-refractivity contribution in [2.75, 3.05) is 26.7 Å². The number of likely N-dealkylation sites (tertiary alicyclic amines) is 1. The van der Waals surface area contributed by atoms with Gasteiger partial charge in [0.1, 0.15) is 0 Å². The van der Waals surface area contributed by atoms with Crippen molar-refractivity contribution >= 4 is 45.0 Å². The quantitative estimate of drug-likeness (QED) is 0.299. The highest BCUT2D eigenvalue weighted by Gasteiger charge is 2.52. The lowest BCUT2D eigenvalue weighted by Gasteiger charge is -2.52. The van der Waals surface area contributed by atoms with Gasteiger partial charge in [0.2, 0.25) is 21.8 Å². The molecule has 2 aliphatic rings. The zero-order valence-electron chi connectivity index (χ0n) is 24.7. The number of carbonyl (C=O) groups excluding carboxylic acids is 2. The summed E-state index contributed by atoms with van der Waals surface area (Å²) < 4.78 is 27.7. The highest BCUT2D eigenvalue weighted by Crippen LogP contribution is 2.52. The summed E-state index contributed by atoms with van der Waals surface area (Å²) in [5, 5.41) is 22.2. The minimum Gasteiger partial charge on any atom is -0.394 e. The zero-order chi connectivity index (χ0) is 31.5. The van der Waals surface area contributed by atoms with E-state index in [1.54, 1.807) is 37.1 Å². The van der Waals surface area contributed by atoms with Crippen molar-refractivity contribution in [2.24, 2.45) is 5.41 Å². The third kappa shape index (κ3) is 7.72. The van der Waals surface area contributed by atoms with E-state index in [0.717, 1.165) is 11.1 Å². The number of nitrogens with one attached hydrogen (secondary N) is 1. The van der Waals surface area contributed by atoms with Crippen LogP contribution in [0.2, 0.25) is 10.0 Å². The summed E-state index contributed by atoms with van der Waals surface area (Å²) in [5.41, 5.74) is 0.568. The maximum Gasteiger partial charge on any atom is 0.229 e. The van der Waals surface area contributed by atoms with E-state index in [4.69, 9.17) is 28.3 Å². The maximum absolute atomic E-state index is 14.7. The van der Waals surface area contributed by atoms with Gasteiger partial charge in [0, 0.05) is 48.6 Å². The van der Waals surface area contributed by atoms with E-state index in [1.165, 1.54) is 4.31 Å².